The van der Waals surface area contributed by atoms with Crippen LogP contribution in [0.15, 0.2) is 0 Å². The molecule has 0 radical (unpaired) electrons. The molecule has 2 aliphatic heterocycles. The summed E-state index contributed by atoms with van der Waals surface area (Å²) in [5.41, 5.74) is 3.07. The monoisotopic (exact) mass is 298 g/mol. The molecule has 1 N–H and O–H groups in total. The Kier molecular flexibility index (Phi) is 5.46. The first-order valence-corrected chi connectivity index (χ1v) is 8.02. The predicted octanol–water partition coefficient (Wildman–Crippen LogP) is 1.14. The molecule has 0 aromatic carbocycles. The Balaban J connectivity index is 1.78. The number of hydrazine groups is 1. The summed E-state index contributed by atoms with van der Waals surface area (Å²) in [4.78, 5) is 16.4. The van der Waals surface area contributed by atoms with Gasteiger partial charge in [-0.2, -0.15) is 0 Å². The molecule has 6 nitrogen and oxygen atoms in total. The summed E-state index contributed by atoms with van der Waals surface area (Å²) in [5.74, 6) is 0. The first kappa shape index (κ1) is 16.5. The van der Waals surface area contributed by atoms with Crippen LogP contribution < -0.4 is 5.43 Å². The second kappa shape index (κ2) is 6.94. The van der Waals surface area contributed by atoms with Gasteiger partial charge in [0, 0.05) is 45.3 Å². The van der Waals surface area contributed by atoms with Crippen LogP contribution in [-0.4, -0.2) is 78.9 Å². The zero-order valence-corrected chi connectivity index (χ0v) is 13.9. The Hall–Kier alpha value is -0.850. The number of hydrogen-bond donors (Lipinski definition) is 1. The summed E-state index contributed by atoms with van der Waals surface area (Å²) < 4.78 is 5.50. The van der Waals surface area contributed by atoms with Crippen molar-refractivity contribution < 1.29 is 9.53 Å². The van der Waals surface area contributed by atoms with E-state index in [1.165, 1.54) is 0 Å². The van der Waals surface area contributed by atoms with Crippen molar-refractivity contribution in [2.45, 2.75) is 45.3 Å². The van der Waals surface area contributed by atoms with Crippen LogP contribution in [0, 0.1) is 0 Å². The molecule has 1 unspecified atom stereocenters. The van der Waals surface area contributed by atoms with Crippen molar-refractivity contribution in [3.63, 3.8) is 0 Å². The van der Waals surface area contributed by atoms with E-state index in [-0.39, 0.29) is 12.1 Å². The third kappa shape index (κ3) is 5.13. The van der Waals surface area contributed by atoms with Gasteiger partial charge in [-0.05, 0) is 40.7 Å². The number of carbonyl (C=O) groups excluding carboxylic acids is 1. The van der Waals surface area contributed by atoms with E-state index in [2.05, 4.69) is 22.4 Å². The second-order valence-electron chi connectivity index (χ2n) is 7.12. The molecule has 0 spiro atoms. The van der Waals surface area contributed by atoms with Gasteiger partial charge in [-0.1, -0.05) is 0 Å². The largest absolute Gasteiger partial charge is 0.444 e. The van der Waals surface area contributed by atoms with Gasteiger partial charge in [-0.3, -0.25) is 5.43 Å². The van der Waals surface area contributed by atoms with Crippen LogP contribution in [0.1, 0.15) is 33.6 Å². The standard InChI is InChI=1S/C15H30N4O2/c1-15(2,3)21-14(20)19-7-5-6-13(19)12-16-18-10-8-17(4)9-11-18/h13,16H,5-12H2,1-4H3. The van der Waals surface area contributed by atoms with Crippen LogP contribution in [0.25, 0.3) is 0 Å². The molecule has 0 saturated carbocycles. The highest BCUT2D eigenvalue weighted by Gasteiger charge is 2.32. The zero-order chi connectivity index (χ0) is 15.5. The lowest BCUT2D eigenvalue weighted by atomic mass is 10.2. The van der Waals surface area contributed by atoms with Gasteiger partial charge >= 0.3 is 6.09 Å². The Labute approximate surface area is 128 Å². The first-order chi connectivity index (χ1) is 9.85. The summed E-state index contributed by atoms with van der Waals surface area (Å²) in [5, 5.41) is 2.27. The number of nitrogens with zero attached hydrogens (tertiary/aromatic N) is 3. The van der Waals surface area contributed by atoms with Crippen molar-refractivity contribution in [2.24, 2.45) is 0 Å². The molecule has 2 heterocycles. The maximum absolute atomic E-state index is 12.2. The predicted molar refractivity (Wildman–Crippen MR) is 83.0 cm³/mol. The van der Waals surface area contributed by atoms with Crippen molar-refractivity contribution in [3.05, 3.63) is 0 Å². The molecule has 2 saturated heterocycles. The molecule has 2 aliphatic rings. The average molecular weight is 298 g/mol. The number of carbonyl (C=O) groups is 1. The van der Waals surface area contributed by atoms with E-state index in [1.807, 2.05) is 25.7 Å². The van der Waals surface area contributed by atoms with Crippen LogP contribution >= 0.6 is 0 Å². The molecule has 0 aromatic heterocycles. The Bertz CT molecular complexity index is 348. The van der Waals surface area contributed by atoms with E-state index in [0.29, 0.717) is 0 Å². The molecule has 2 fully saturated rings. The highest BCUT2D eigenvalue weighted by molar-refractivity contribution is 5.69. The lowest BCUT2D eigenvalue weighted by Crippen LogP contribution is -2.54. The fourth-order valence-corrected chi connectivity index (χ4v) is 2.81. The summed E-state index contributed by atoms with van der Waals surface area (Å²) in [6, 6.07) is 0.250. The summed E-state index contributed by atoms with van der Waals surface area (Å²) in [6.07, 6.45) is 1.94. The van der Waals surface area contributed by atoms with Crippen LogP contribution in [-0.2, 0) is 4.74 Å². The number of hydrogen-bond acceptors (Lipinski definition) is 5. The lowest BCUT2D eigenvalue weighted by molar-refractivity contribution is 0.0196. The molecular weight excluding hydrogens is 268 g/mol. The first-order valence-electron chi connectivity index (χ1n) is 8.02. The summed E-state index contributed by atoms with van der Waals surface area (Å²) >= 11 is 0. The van der Waals surface area contributed by atoms with Crippen molar-refractivity contribution in [2.75, 3.05) is 46.3 Å². The van der Waals surface area contributed by atoms with Gasteiger partial charge in [0.1, 0.15) is 5.60 Å². The Morgan fingerprint density at radius 3 is 2.48 bits per heavy atom. The minimum atomic E-state index is -0.422. The van der Waals surface area contributed by atoms with Crippen LogP contribution in [0.4, 0.5) is 4.79 Å². The maximum atomic E-state index is 12.2. The molecular formula is C15H30N4O2. The van der Waals surface area contributed by atoms with Crippen LogP contribution in [0.3, 0.4) is 0 Å². The van der Waals surface area contributed by atoms with Gasteiger partial charge in [0.05, 0.1) is 0 Å². The van der Waals surface area contributed by atoms with E-state index < -0.39 is 5.60 Å². The average Bonchev–Trinajstić information content (AvgIpc) is 2.84. The van der Waals surface area contributed by atoms with E-state index in [1.54, 1.807) is 0 Å². The molecule has 2 rings (SSSR count). The van der Waals surface area contributed by atoms with Gasteiger partial charge < -0.3 is 14.5 Å². The van der Waals surface area contributed by atoms with Gasteiger partial charge in [0.25, 0.3) is 0 Å². The smallest absolute Gasteiger partial charge is 0.410 e. The van der Waals surface area contributed by atoms with Crippen LogP contribution in [0.5, 0.6) is 0 Å². The quantitative estimate of drug-likeness (QED) is 0.846. The number of nitrogens with one attached hydrogen (secondary N) is 1. The van der Waals surface area contributed by atoms with E-state index in [9.17, 15) is 4.79 Å². The number of likely N-dealkylation sites (N-methyl/N-ethyl adjacent to an activating group) is 1. The van der Waals surface area contributed by atoms with Gasteiger partial charge in [-0.25, -0.2) is 9.80 Å². The Morgan fingerprint density at radius 2 is 1.86 bits per heavy atom. The minimum absolute atomic E-state index is 0.176. The number of ether oxygens (including phenoxy) is 1. The van der Waals surface area contributed by atoms with Crippen molar-refractivity contribution in [1.29, 1.82) is 0 Å². The number of rotatable bonds is 3. The molecule has 21 heavy (non-hydrogen) atoms. The number of amides is 1. The molecule has 122 valence electrons. The van der Waals surface area contributed by atoms with Crippen LogP contribution in [0.2, 0.25) is 0 Å². The number of likely N-dealkylation sites (tertiary alicyclic amines) is 1. The Morgan fingerprint density at radius 1 is 1.19 bits per heavy atom. The molecule has 0 aliphatic carbocycles. The minimum Gasteiger partial charge on any atom is -0.444 e. The third-order valence-corrected chi connectivity index (χ3v) is 4.06. The third-order valence-electron chi connectivity index (χ3n) is 4.06. The molecule has 0 aromatic rings. The summed E-state index contributed by atoms with van der Waals surface area (Å²) in [7, 11) is 2.15. The van der Waals surface area contributed by atoms with Crippen molar-refractivity contribution in [3.8, 4) is 0 Å². The normalized spacial score (nSPS) is 25.3. The SMILES string of the molecule is CN1CCN(NCC2CCCN2C(=O)OC(C)(C)C)CC1. The van der Waals surface area contributed by atoms with E-state index in [0.717, 1.165) is 52.1 Å². The van der Waals surface area contributed by atoms with Gasteiger partial charge in [0.2, 0.25) is 0 Å². The fraction of sp³-hybridized carbons (Fsp3) is 0.933. The van der Waals surface area contributed by atoms with Gasteiger partial charge in [0.15, 0.2) is 0 Å². The maximum Gasteiger partial charge on any atom is 0.410 e. The second-order valence-corrected chi connectivity index (χ2v) is 7.12. The fourth-order valence-electron chi connectivity index (χ4n) is 2.81. The van der Waals surface area contributed by atoms with E-state index in [4.69, 9.17) is 4.74 Å². The highest BCUT2D eigenvalue weighted by atomic mass is 16.6. The molecule has 1 amide bonds. The lowest BCUT2D eigenvalue weighted by Gasteiger charge is -2.34. The molecule has 1 atom stereocenters. The van der Waals surface area contributed by atoms with Gasteiger partial charge in [-0.15, -0.1) is 0 Å². The van der Waals surface area contributed by atoms with E-state index >= 15 is 0 Å². The molecule has 6 heteroatoms. The highest BCUT2D eigenvalue weighted by Crippen LogP contribution is 2.20. The topological polar surface area (TPSA) is 48.0 Å². The zero-order valence-electron chi connectivity index (χ0n) is 13.9. The summed E-state index contributed by atoms with van der Waals surface area (Å²) in [6.45, 7) is 11.6. The number of piperazine rings is 1. The van der Waals surface area contributed by atoms with Crippen molar-refractivity contribution >= 4 is 6.09 Å². The molecule has 0 bridgehead atoms. The van der Waals surface area contributed by atoms with Crippen molar-refractivity contribution in [1.82, 2.24) is 20.2 Å².